The average molecular weight is 183 g/mol. The molecule has 64 valence electrons. The smallest absolute Gasteiger partial charge is 0.00979 e. The van der Waals surface area contributed by atoms with Gasteiger partial charge in [0.05, 0.1) is 0 Å². The van der Waals surface area contributed by atoms with Gasteiger partial charge in [-0.1, -0.05) is 39.0 Å². The molecule has 0 bridgehead atoms. The molecule has 0 fully saturated rings. The Bertz CT molecular complexity index is 42.5. The van der Waals surface area contributed by atoms with Gasteiger partial charge in [-0.05, 0) is 12.2 Å². The molecule has 0 N–H and O–H groups in total. The van der Waals surface area contributed by atoms with E-state index in [0.717, 1.165) is 5.75 Å². The van der Waals surface area contributed by atoms with Crippen LogP contribution in [0.5, 0.6) is 0 Å². The van der Waals surface area contributed by atoms with Crippen LogP contribution in [0.2, 0.25) is 0 Å². The third-order valence-electron chi connectivity index (χ3n) is 1.51. The Morgan fingerprint density at radius 3 is 1.90 bits per heavy atom. The van der Waals surface area contributed by atoms with Gasteiger partial charge in [0.2, 0.25) is 0 Å². The number of hydrogen-bond acceptors (Lipinski definition) is 1. The number of halogens is 1. The van der Waals surface area contributed by atoms with Crippen LogP contribution in [0.1, 0.15) is 45.4 Å². The Balaban J connectivity index is 0. The van der Waals surface area contributed by atoms with Gasteiger partial charge in [-0.25, -0.2) is 0 Å². The Labute approximate surface area is 76.6 Å². The normalized spacial score (nSPS) is 9.00. The van der Waals surface area contributed by atoms with Gasteiger partial charge < -0.3 is 0 Å². The molecule has 0 nitrogen and oxygen atoms in total. The standard InChI is InChI=1S/C8H18S.ClH/c1-2-3-4-5-6-7-8-9;/h9H,2-8H2,1H3;1H. The minimum Gasteiger partial charge on any atom is -0.179 e. The Morgan fingerprint density at radius 2 is 1.40 bits per heavy atom. The van der Waals surface area contributed by atoms with Crippen molar-refractivity contribution in [1.29, 1.82) is 0 Å². The van der Waals surface area contributed by atoms with E-state index in [2.05, 4.69) is 19.6 Å². The predicted octanol–water partition coefficient (Wildman–Crippen LogP) is 3.70. The molecule has 10 heavy (non-hydrogen) atoms. The summed E-state index contributed by atoms with van der Waals surface area (Å²) < 4.78 is 0. The first-order chi connectivity index (χ1) is 4.41. The fourth-order valence-corrected chi connectivity index (χ4v) is 1.12. The van der Waals surface area contributed by atoms with E-state index >= 15 is 0 Å². The van der Waals surface area contributed by atoms with Gasteiger partial charge in [0.15, 0.2) is 0 Å². The molecule has 0 saturated heterocycles. The fraction of sp³-hybridized carbons (Fsp3) is 1.00. The van der Waals surface area contributed by atoms with Gasteiger partial charge in [-0.2, -0.15) is 12.6 Å². The first-order valence-electron chi connectivity index (χ1n) is 4.02. The zero-order chi connectivity index (χ0) is 6.95. The molecule has 0 amide bonds. The van der Waals surface area contributed by atoms with Gasteiger partial charge in [-0.15, -0.1) is 12.4 Å². The number of thiol groups is 1. The van der Waals surface area contributed by atoms with E-state index in [1.54, 1.807) is 0 Å². The van der Waals surface area contributed by atoms with E-state index in [4.69, 9.17) is 0 Å². The van der Waals surface area contributed by atoms with Gasteiger partial charge in [-0.3, -0.25) is 0 Å². The van der Waals surface area contributed by atoms with Gasteiger partial charge in [0.1, 0.15) is 0 Å². The van der Waals surface area contributed by atoms with E-state index in [-0.39, 0.29) is 12.4 Å². The van der Waals surface area contributed by atoms with E-state index in [1.165, 1.54) is 38.5 Å². The number of unbranched alkanes of at least 4 members (excludes halogenated alkanes) is 5. The molecule has 0 unspecified atom stereocenters. The van der Waals surface area contributed by atoms with Crippen LogP contribution < -0.4 is 0 Å². The molecule has 0 spiro atoms. The average Bonchev–Trinajstić information content (AvgIpc) is 1.89. The first-order valence-corrected chi connectivity index (χ1v) is 4.66. The molecule has 0 aliphatic heterocycles. The maximum absolute atomic E-state index is 4.15. The Morgan fingerprint density at radius 1 is 0.900 bits per heavy atom. The SMILES string of the molecule is CCCCCCCCS.Cl. The van der Waals surface area contributed by atoms with Crippen molar-refractivity contribution in [3.8, 4) is 0 Å². The molecule has 0 heterocycles. The third kappa shape index (κ3) is 11.4. The van der Waals surface area contributed by atoms with Gasteiger partial charge >= 0.3 is 0 Å². The van der Waals surface area contributed by atoms with Crippen LogP contribution in [-0.2, 0) is 0 Å². The lowest BCUT2D eigenvalue weighted by molar-refractivity contribution is 0.627. The van der Waals surface area contributed by atoms with Crippen LogP contribution in [0.3, 0.4) is 0 Å². The summed E-state index contributed by atoms with van der Waals surface area (Å²) in [4.78, 5) is 0. The maximum Gasteiger partial charge on any atom is -0.00979 e. The Hall–Kier alpha value is 0.640. The highest BCUT2D eigenvalue weighted by Gasteiger charge is 1.86. The summed E-state index contributed by atoms with van der Waals surface area (Å²) in [6, 6.07) is 0. The largest absolute Gasteiger partial charge is 0.179 e. The zero-order valence-electron chi connectivity index (χ0n) is 6.81. The molecular weight excluding hydrogens is 164 g/mol. The summed E-state index contributed by atoms with van der Waals surface area (Å²) in [5, 5.41) is 0. The molecule has 0 aromatic heterocycles. The fourth-order valence-electron chi connectivity index (χ4n) is 0.892. The topological polar surface area (TPSA) is 0 Å². The van der Waals surface area contributed by atoms with Crippen molar-refractivity contribution in [2.45, 2.75) is 45.4 Å². The van der Waals surface area contributed by atoms with Crippen molar-refractivity contribution < 1.29 is 0 Å². The second kappa shape index (κ2) is 12.3. The lowest BCUT2D eigenvalue weighted by atomic mass is 10.1. The molecule has 2 heteroatoms. The van der Waals surface area contributed by atoms with Crippen molar-refractivity contribution in [2.24, 2.45) is 0 Å². The molecule has 0 aromatic carbocycles. The molecule has 0 aromatic rings. The molecule has 0 atom stereocenters. The summed E-state index contributed by atoms with van der Waals surface area (Å²) in [5.41, 5.74) is 0. The quantitative estimate of drug-likeness (QED) is 0.470. The van der Waals surface area contributed by atoms with Crippen LogP contribution in [0.4, 0.5) is 0 Å². The van der Waals surface area contributed by atoms with Crippen LogP contribution in [0, 0.1) is 0 Å². The van der Waals surface area contributed by atoms with Crippen molar-refractivity contribution in [1.82, 2.24) is 0 Å². The van der Waals surface area contributed by atoms with Crippen LogP contribution in [0.25, 0.3) is 0 Å². The van der Waals surface area contributed by atoms with E-state index in [0.29, 0.717) is 0 Å². The highest BCUT2D eigenvalue weighted by atomic mass is 35.5. The predicted molar refractivity (Wildman–Crippen MR) is 54.5 cm³/mol. The van der Waals surface area contributed by atoms with Crippen molar-refractivity contribution >= 4 is 25.0 Å². The summed E-state index contributed by atoms with van der Waals surface area (Å²) in [5.74, 6) is 1.06. The number of rotatable bonds is 6. The van der Waals surface area contributed by atoms with Crippen LogP contribution >= 0.6 is 25.0 Å². The van der Waals surface area contributed by atoms with Crippen molar-refractivity contribution in [2.75, 3.05) is 5.75 Å². The van der Waals surface area contributed by atoms with Crippen molar-refractivity contribution in [3.05, 3.63) is 0 Å². The summed E-state index contributed by atoms with van der Waals surface area (Å²) in [6.45, 7) is 2.25. The highest BCUT2D eigenvalue weighted by molar-refractivity contribution is 7.80. The monoisotopic (exact) mass is 182 g/mol. The highest BCUT2D eigenvalue weighted by Crippen LogP contribution is 2.04. The molecule has 0 rings (SSSR count). The molecule has 0 aliphatic rings. The van der Waals surface area contributed by atoms with Gasteiger partial charge in [0.25, 0.3) is 0 Å². The lowest BCUT2D eigenvalue weighted by Crippen LogP contribution is -1.78. The summed E-state index contributed by atoms with van der Waals surface area (Å²) in [7, 11) is 0. The lowest BCUT2D eigenvalue weighted by Gasteiger charge is -1.95. The second-order valence-corrected chi connectivity index (χ2v) is 2.94. The second-order valence-electron chi connectivity index (χ2n) is 2.49. The van der Waals surface area contributed by atoms with E-state index in [9.17, 15) is 0 Å². The van der Waals surface area contributed by atoms with Gasteiger partial charge in [0, 0.05) is 0 Å². The summed E-state index contributed by atoms with van der Waals surface area (Å²) >= 11 is 4.15. The van der Waals surface area contributed by atoms with Crippen LogP contribution in [0.15, 0.2) is 0 Å². The molecule has 0 aliphatic carbocycles. The van der Waals surface area contributed by atoms with Crippen LogP contribution in [-0.4, -0.2) is 5.75 Å². The Kier molecular flexibility index (Phi) is 16.3. The van der Waals surface area contributed by atoms with E-state index in [1.807, 2.05) is 0 Å². The molecular formula is C8H19ClS. The third-order valence-corrected chi connectivity index (χ3v) is 1.83. The van der Waals surface area contributed by atoms with E-state index < -0.39 is 0 Å². The molecule has 0 saturated carbocycles. The number of hydrogen-bond donors (Lipinski definition) is 1. The molecule has 0 radical (unpaired) electrons. The summed E-state index contributed by atoms with van der Waals surface area (Å²) in [6.07, 6.45) is 8.27. The first kappa shape index (κ1) is 13.2. The zero-order valence-corrected chi connectivity index (χ0v) is 8.52. The van der Waals surface area contributed by atoms with Crippen molar-refractivity contribution in [3.63, 3.8) is 0 Å². The minimum atomic E-state index is 0. The maximum atomic E-state index is 4.15. The minimum absolute atomic E-state index is 0.